The van der Waals surface area contributed by atoms with E-state index in [-0.39, 0.29) is 12.2 Å². The first-order chi connectivity index (χ1) is 19.0. The first-order valence-corrected chi connectivity index (χ1v) is 14.4. The minimum atomic E-state index is -4.20. The molecule has 0 aliphatic carbocycles. The zero-order valence-electron chi connectivity index (χ0n) is 22.3. The molecule has 2 aliphatic rings. The van der Waals surface area contributed by atoms with Crippen LogP contribution < -0.4 is 20.9 Å². The minimum absolute atomic E-state index is 0.0561. The van der Waals surface area contributed by atoms with Gasteiger partial charge in [0.15, 0.2) is 24.3 Å². The van der Waals surface area contributed by atoms with Gasteiger partial charge in [0.2, 0.25) is 0 Å². The SMILES string of the molecule is CCC(=O)O[C@@H]1[C@@H](COP(=O)(NC(C)C2OCCCO2)Oc2ccccc2)O[C@@H](n2ccc(=O)[nH]c2=O)[C@]1(C)F. The summed E-state index contributed by atoms with van der Waals surface area (Å²) in [5.74, 6) is -0.496. The molecule has 0 saturated carbocycles. The Kier molecular flexibility index (Phi) is 9.60. The van der Waals surface area contributed by atoms with E-state index in [4.69, 9.17) is 28.0 Å². The Morgan fingerprint density at radius 3 is 2.60 bits per heavy atom. The van der Waals surface area contributed by atoms with Crippen LogP contribution in [0.25, 0.3) is 0 Å². The Bertz CT molecular complexity index is 1310. The molecule has 4 rings (SSSR count). The van der Waals surface area contributed by atoms with E-state index < -0.39 is 68.0 Å². The van der Waals surface area contributed by atoms with Gasteiger partial charge < -0.3 is 23.5 Å². The smallest absolute Gasteiger partial charge is 0.456 e. The average Bonchev–Trinajstić information content (AvgIpc) is 3.17. The standard InChI is InChI=1S/C25H33FN3O10P/c1-4-20(31)38-21-18(37-23(25(21,3)26)29-12-11-19(30)27-24(29)32)15-36-40(33,39-17-9-6-5-7-10-17)28-16(2)22-34-13-8-14-35-22/h5-7,9-12,16,18,21-23H,4,8,13-15H2,1-3H3,(H,28,33)(H,27,30,32)/t16?,18-,21-,23-,25-,40?/m1/s1. The molecule has 1 aromatic carbocycles. The summed E-state index contributed by atoms with van der Waals surface area (Å²) in [4.78, 5) is 38.2. The maximum Gasteiger partial charge on any atom is 0.459 e. The van der Waals surface area contributed by atoms with Crippen LogP contribution in [0.15, 0.2) is 52.2 Å². The number of ether oxygens (including phenoxy) is 4. The third-order valence-corrected chi connectivity index (χ3v) is 8.00. The lowest BCUT2D eigenvalue weighted by atomic mass is 9.98. The summed E-state index contributed by atoms with van der Waals surface area (Å²) >= 11 is 0. The zero-order valence-corrected chi connectivity index (χ0v) is 23.2. The summed E-state index contributed by atoms with van der Waals surface area (Å²) in [5, 5.41) is 2.79. The van der Waals surface area contributed by atoms with Crippen molar-refractivity contribution in [2.24, 2.45) is 0 Å². The van der Waals surface area contributed by atoms with Crippen molar-refractivity contribution in [3.8, 4) is 5.75 Å². The van der Waals surface area contributed by atoms with Crippen LogP contribution in [0.2, 0.25) is 0 Å². The first-order valence-electron chi connectivity index (χ1n) is 12.9. The summed E-state index contributed by atoms with van der Waals surface area (Å²) < 4.78 is 64.8. The van der Waals surface area contributed by atoms with E-state index in [1.54, 1.807) is 37.3 Å². The number of nitrogens with one attached hydrogen (secondary N) is 2. The van der Waals surface area contributed by atoms with Gasteiger partial charge in [-0.15, -0.1) is 0 Å². The molecule has 0 spiro atoms. The highest BCUT2D eigenvalue weighted by molar-refractivity contribution is 7.52. The maximum absolute atomic E-state index is 16.2. The second kappa shape index (κ2) is 12.8. The number of rotatable bonds is 11. The van der Waals surface area contributed by atoms with E-state index in [0.29, 0.717) is 13.2 Å². The Morgan fingerprint density at radius 1 is 1.25 bits per heavy atom. The van der Waals surface area contributed by atoms with Crippen molar-refractivity contribution in [2.45, 2.75) is 70.0 Å². The normalized spacial score (nSPS) is 27.6. The molecule has 2 N–H and O–H groups in total. The highest BCUT2D eigenvalue weighted by atomic mass is 31.2. The van der Waals surface area contributed by atoms with Crippen LogP contribution in [0.5, 0.6) is 5.75 Å². The Hall–Kier alpha value is -2.87. The molecule has 2 saturated heterocycles. The molecule has 40 heavy (non-hydrogen) atoms. The molecule has 0 bridgehead atoms. The molecule has 13 nitrogen and oxygen atoms in total. The second-order valence-corrected chi connectivity index (χ2v) is 11.2. The van der Waals surface area contributed by atoms with E-state index in [1.165, 1.54) is 6.92 Å². The van der Waals surface area contributed by atoms with Crippen molar-refractivity contribution in [3.05, 3.63) is 63.4 Å². The number of nitrogens with zero attached hydrogens (tertiary/aromatic N) is 1. The second-order valence-electron chi connectivity index (χ2n) is 9.54. The lowest BCUT2D eigenvalue weighted by molar-refractivity contribution is -0.188. The largest absolute Gasteiger partial charge is 0.459 e. The molecular weight excluding hydrogens is 552 g/mol. The number of hydrogen-bond donors (Lipinski definition) is 2. The van der Waals surface area contributed by atoms with E-state index >= 15 is 4.39 Å². The fourth-order valence-electron chi connectivity index (χ4n) is 4.35. The maximum atomic E-state index is 16.2. The molecular formula is C25H33FN3O10P. The monoisotopic (exact) mass is 585 g/mol. The Morgan fingerprint density at radius 2 is 1.95 bits per heavy atom. The quantitative estimate of drug-likeness (QED) is 0.295. The first kappa shape index (κ1) is 30.1. The van der Waals surface area contributed by atoms with Gasteiger partial charge in [-0.1, -0.05) is 25.1 Å². The van der Waals surface area contributed by atoms with Crippen molar-refractivity contribution in [1.29, 1.82) is 0 Å². The number of H-pyrrole nitrogens is 1. The van der Waals surface area contributed by atoms with Crippen LogP contribution >= 0.6 is 7.75 Å². The molecule has 15 heteroatoms. The number of alkyl halides is 1. The van der Waals surface area contributed by atoms with Gasteiger partial charge >= 0.3 is 19.4 Å². The lowest BCUT2D eigenvalue weighted by Crippen LogP contribution is -2.46. The molecule has 0 amide bonds. The van der Waals surface area contributed by atoms with E-state index in [9.17, 15) is 18.9 Å². The molecule has 3 heterocycles. The topological polar surface area (TPSA) is 156 Å². The van der Waals surface area contributed by atoms with Gasteiger partial charge in [0, 0.05) is 18.7 Å². The van der Waals surface area contributed by atoms with Crippen molar-refractivity contribution < 1.29 is 41.7 Å². The predicted octanol–water partition coefficient (Wildman–Crippen LogP) is 2.43. The third-order valence-electron chi connectivity index (χ3n) is 6.33. The van der Waals surface area contributed by atoms with E-state index in [2.05, 4.69) is 5.09 Å². The van der Waals surface area contributed by atoms with Crippen LogP contribution in [0.1, 0.15) is 39.8 Å². The highest BCUT2D eigenvalue weighted by Crippen LogP contribution is 2.48. The number of para-hydroxylation sites is 1. The van der Waals surface area contributed by atoms with Crippen LogP contribution in [-0.4, -0.2) is 65.5 Å². The van der Waals surface area contributed by atoms with Crippen LogP contribution in [0.3, 0.4) is 0 Å². The number of carbonyl (C=O) groups excluding carboxylic acids is 1. The van der Waals surface area contributed by atoms with Gasteiger partial charge in [-0.2, -0.15) is 0 Å². The summed E-state index contributed by atoms with van der Waals surface area (Å²) in [7, 11) is -4.20. The number of benzene rings is 1. The molecule has 2 aliphatic heterocycles. The fourth-order valence-corrected chi connectivity index (χ4v) is 5.90. The van der Waals surface area contributed by atoms with Crippen molar-refractivity contribution in [1.82, 2.24) is 14.6 Å². The molecule has 2 fully saturated rings. The number of hydrogen-bond acceptors (Lipinski definition) is 10. The van der Waals surface area contributed by atoms with Gasteiger partial charge in [-0.05, 0) is 32.4 Å². The molecule has 2 aromatic rings. The summed E-state index contributed by atoms with van der Waals surface area (Å²) in [6, 6.07) is 8.64. The number of esters is 1. The lowest BCUT2D eigenvalue weighted by Gasteiger charge is -2.31. The van der Waals surface area contributed by atoms with Crippen LogP contribution in [0, 0.1) is 0 Å². The summed E-state index contributed by atoms with van der Waals surface area (Å²) in [6.07, 6.45) is -3.47. The van der Waals surface area contributed by atoms with E-state index in [1.807, 2.05) is 4.98 Å². The number of aromatic nitrogens is 2. The Balaban J connectivity index is 1.59. The fraction of sp³-hybridized carbons (Fsp3) is 0.560. The van der Waals surface area contributed by atoms with Crippen molar-refractivity contribution in [2.75, 3.05) is 19.8 Å². The van der Waals surface area contributed by atoms with Crippen molar-refractivity contribution in [3.63, 3.8) is 0 Å². The number of aromatic amines is 1. The van der Waals surface area contributed by atoms with Gasteiger partial charge in [-0.25, -0.2) is 18.8 Å². The summed E-state index contributed by atoms with van der Waals surface area (Å²) in [5.41, 5.74) is -4.06. The highest BCUT2D eigenvalue weighted by Gasteiger charge is 2.58. The van der Waals surface area contributed by atoms with Gasteiger partial charge in [0.25, 0.3) is 5.56 Å². The van der Waals surface area contributed by atoms with Gasteiger partial charge in [-0.3, -0.25) is 23.7 Å². The number of carbonyl (C=O) groups is 1. The van der Waals surface area contributed by atoms with Crippen LogP contribution in [-0.2, 0) is 32.8 Å². The van der Waals surface area contributed by atoms with E-state index in [0.717, 1.165) is 30.2 Å². The van der Waals surface area contributed by atoms with Crippen molar-refractivity contribution >= 4 is 13.7 Å². The Labute approximate surface area is 229 Å². The predicted molar refractivity (Wildman–Crippen MR) is 138 cm³/mol. The minimum Gasteiger partial charge on any atom is -0.456 e. The molecule has 1 aromatic heterocycles. The number of halogens is 1. The zero-order chi connectivity index (χ0) is 28.9. The molecule has 6 atom stereocenters. The molecule has 2 unspecified atom stereocenters. The third kappa shape index (κ3) is 7.06. The average molecular weight is 586 g/mol. The van der Waals surface area contributed by atoms with Gasteiger partial charge in [0.1, 0.15) is 11.9 Å². The molecule has 220 valence electrons. The molecule has 0 radical (unpaired) electrons. The van der Waals surface area contributed by atoms with Crippen LogP contribution in [0.4, 0.5) is 4.39 Å². The van der Waals surface area contributed by atoms with Gasteiger partial charge in [0.05, 0.1) is 25.9 Å². The summed E-state index contributed by atoms with van der Waals surface area (Å²) in [6.45, 7) is 4.67.